The summed E-state index contributed by atoms with van der Waals surface area (Å²) in [6.07, 6.45) is 0. The summed E-state index contributed by atoms with van der Waals surface area (Å²) < 4.78 is 18.2. The van der Waals surface area contributed by atoms with Crippen LogP contribution in [0.25, 0.3) is 0 Å². The first-order valence-corrected chi connectivity index (χ1v) is 8.18. The van der Waals surface area contributed by atoms with Crippen molar-refractivity contribution >= 4 is 23.4 Å². The molecule has 5 nitrogen and oxygen atoms in total. The third-order valence-corrected chi connectivity index (χ3v) is 4.21. The number of thioether (sulfide) groups is 1. The molecule has 3 aromatic rings. The largest absolute Gasteiger partial charge is 0.340 e. The van der Waals surface area contributed by atoms with Gasteiger partial charge in [0.2, 0.25) is 5.89 Å². The predicted octanol–water partition coefficient (Wildman–Crippen LogP) is 4.06. The van der Waals surface area contributed by atoms with Crippen molar-refractivity contribution < 1.29 is 13.7 Å². The minimum Gasteiger partial charge on any atom is -0.340 e. The van der Waals surface area contributed by atoms with E-state index < -0.39 is 5.82 Å². The van der Waals surface area contributed by atoms with E-state index in [9.17, 15) is 9.18 Å². The van der Waals surface area contributed by atoms with Crippen LogP contribution in [0.1, 0.15) is 22.1 Å². The summed E-state index contributed by atoms with van der Waals surface area (Å²) in [5.74, 6) is 0.859. The molecule has 0 spiro atoms. The summed E-state index contributed by atoms with van der Waals surface area (Å²) in [6, 6.07) is 13.0. The van der Waals surface area contributed by atoms with Crippen molar-refractivity contribution in [3.63, 3.8) is 0 Å². The number of amides is 1. The van der Waals surface area contributed by atoms with Crippen molar-refractivity contribution in [2.45, 2.75) is 17.6 Å². The van der Waals surface area contributed by atoms with Gasteiger partial charge in [-0.25, -0.2) is 4.39 Å². The van der Waals surface area contributed by atoms with Crippen LogP contribution in [0.5, 0.6) is 0 Å². The number of aromatic nitrogens is 2. The maximum atomic E-state index is 13.2. The molecule has 1 aromatic heterocycles. The average molecular weight is 343 g/mol. The number of aryl methyl sites for hydroxylation is 1. The summed E-state index contributed by atoms with van der Waals surface area (Å²) >= 11 is 1.44. The Morgan fingerprint density at radius 1 is 1.25 bits per heavy atom. The lowest BCUT2D eigenvalue weighted by molar-refractivity contribution is 0.102. The van der Waals surface area contributed by atoms with Gasteiger partial charge in [-0.1, -0.05) is 23.4 Å². The third-order valence-electron chi connectivity index (χ3n) is 3.14. The molecule has 0 aliphatic carbocycles. The second kappa shape index (κ2) is 7.27. The second-order valence-electron chi connectivity index (χ2n) is 4.98. The molecule has 122 valence electrons. The van der Waals surface area contributed by atoms with Gasteiger partial charge in [0.1, 0.15) is 5.82 Å². The Labute approximate surface area is 142 Å². The average Bonchev–Trinajstić information content (AvgIpc) is 2.99. The van der Waals surface area contributed by atoms with E-state index in [1.54, 1.807) is 31.2 Å². The van der Waals surface area contributed by atoms with Crippen LogP contribution in [-0.4, -0.2) is 16.0 Å². The Bertz CT molecular complexity index is 866. The topological polar surface area (TPSA) is 68.0 Å². The standard InChI is InChI=1S/C17H14FN3O2S/c1-11-19-16(21-23-11)10-24-15-8-3-2-7-14(15)17(22)20-13-6-4-5-12(18)9-13/h2-9H,10H2,1H3,(H,20,22). The number of rotatable bonds is 5. The normalized spacial score (nSPS) is 10.6. The highest BCUT2D eigenvalue weighted by atomic mass is 32.2. The molecule has 1 amide bonds. The van der Waals surface area contributed by atoms with Crippen LogP contribution in [0.2, 0.25) is 0 Å². The molecule has 7 heteroatoms. The molecule has 0 bridgehead atoms. The van der Waals surface area contributed by atoms with Crippen molar-refractivity contribution in [3.8, 4) is 0 Å². The van der Waals surface area contributed by atoms with Gasteiger partial charge in [0.15, 0.2) is 5.82 Å². The SMILES string of the molecule is Cc1nc(CSc2ccccc2C(=O)Nc2cccc(F)c2)no1. The third kappa shape index (κ3) is 3.99. The smallest absolute Gasteiger partial charge is 0.256 e. The molecule has 0 saturated heterocycles. The first-order valence-electron chi connectivity index (χ1n) is 7.20. The fourth-order valence-corrected chi connectivity index (χ4v) is 2.98. The van der Waals surface area contributed by atoms with E-state index in [1.165, 1.54) is 23.9 Å². The molecule has 2 aromatic carbocycles. The van der Waals surface area contributed by atoms with Crippen LogP contribution in [-0.2, 0) is 5.75 Å². The molecular formula is C17H14FN3O2S. The van der Waals surface area contributed by atoms with Gasteiger partial charge in [-0.05, 0) is 30.3 Å². The first-order chi connectivity index (χ1) is 11.6. The summed E-state index contributed by atoms with van der Waals surface area (Å²) in [5, 5.41) is 6.53. The number of nitrogens with one attached hydrogen (secondary N) is 1. The van der Waals surface area contributed by atoms with Crippen LogP contribution in [0.4, 0.5) is 10.1 Å². The highest BCUT2D eigenvalue weighted by molar-refractivity contribution is 7.98. The molecule has 0 atom stereocenters. The van der Waals surface area contributed by atoms with Gasteiger partial charge in [-0.3, -0.25) is 4.79 Å². The lowest BCUT2D eigenvalue weighted by Crippen LogP contribution is -2.13. The van der Waals surface area contributed by atoms with E-state index >= 15 is 0 Å². The minimum atomic E-state index is -0.400. The summed E-state index contributed by atoms with van der Waals surface area (Å²) in [4.78, 5) is 17.4. The van der Waals surface area contributed by atoms with Crippen LogP contribution in [0.15, 0.2) is 57.9 Å². The minimum absolute atomic E-state index is 0.298. The fourth-order valence-electron chi connectivity index (χ4n) is 2.09. The molecule has 24 heavy (non-hydrogen) atoms. The van der Waals surface area contributed by atoms with Gasteiger partial charge in [0, 0.05) is 17.5 Å². The lowest BCUT2D eigenvalue weighted by atomic mass is 10.2. The molecule has 0 aliphatic heterocycles. The maximum absolute atomic E-state index is 13.2. The van der Waals surface area contributed by atoms with Gasteiger partial charge in [-0.2, -0.15) is 4.98 Å². The number of nitrogens with zero attached hydrogens (tertiary/aromatic N) is 2. The van der Waals surface area contributed by atoms with Crippen molar-refractivity contribution in [2.75, 3.05) is 5.32 Å². The molecule has 1 heterocycles. The molecule has 0 aliphatic rings. The number of hydrogen-bond donors (Lipinski definition) is 1. The Balaban J connectivity index is 1.74. The molecule has 1 N–H and O–H groups in total. The van der Waals surface area contributed by atoms with Crippen LogP contribution < -0.4 is 5.32 Å². The van der Waals surface area contributed by atoms with Crippen LogP contribution in [0.3, 0.4) is 0 Å². The van der Waals surface area contributed by atoms with Gasteiger partial charge in [0.05, 0.1) is 11.3 Å². The number of carbonyl (C=O) groups is 1. The number of carbonyl (C=O) groups excluding carboxylic acids is 1. The van der Waals surface area contributed by atoms with E-state index in [0.717, 1.165) is 4.90 Å². The molecule has 3 rings (SSSR count). The van der Waals surface area contributed by atoms with E-state index in [2.05, 4.69) is 15.5 Å². The molecule has 0 saturated carbocycles. The molecular weight excluding hydrogens is 329 g/mol. The maximum Gasteiger partial charge on any atom is 0.256 e. The van der Waals surface area contributed by atoms with Gasteiger partial charge in [0.25, 0.3) is 5.91 Å². The van der Waals surface area contributed by atoms with E-state index in [1.807, 2.05) is 12.1 Å². The first kappa shape index (κ1) is 16.2. The summed E-state index contributed by atoms with van der Waals surface area (Å²) in [5.41, 5.74) is 0.917. The van der Waals surface area contributed by atoms with Crippen LogP contribution >= 0.6 is 11.8 Å². The number of anilines is 1. The quantitative estimate of drug-likeness (QED) is 0.708. The van der Waals surface area contributed by atoms with Gasteiger partial charge >= 0.3 is 0 Å². The molecule has 0 radical (unpaired) electrons. The predicted molar refractivity (Wildman–Crippen MR) is 89.4 cm³/mol. The van der Waals surface area contributed by atoms with Crippen molar-refractivity contribution in [1.82, 2.24) is 10.1 Å². The van der Waals surface area contributed by atoms with Crippen molar-refractivity contribution in [3.05, 3.63) is 71.6 Å². The Morgan fingerprint density at radius 3 is 2.83 bits per heavy atom. The number of halogens is 1. The Hall–Kier alpha value is -2.67. The van der Waals surface area contributed by atoms with E-state index in [4.69, 9.17) is 4.52 Å². The summed E-state index contributed by atoms with van der Waals surface area (Å²) in [6.45, 7) is 1.72. The van der Waals surface area contributed by atoms with E-state index in [0.29, 0.717) is 28.7 Å². The molecule has 0 fully saturated rings. The highest BCUT2D eigenvalue weighted by Crippen LogP contribution is 2.26. The number of benzene rings is 2. The molecule has 0 unspecified atom stereocenters. The highest BCUT2D eigenvalue weighted by Gasteiger charge is 2.13. The zero-order valence-electron chi connectivity index (χ0n) is 12.8. The summed E-state index contributed by atoms with van der Waals surface area (Å²) in [7, 11) is 0. The zero-order chi connectivity index (χ0) is 16.9. The Kier molecular flexibility index (Phi) is 4.90. The second-order valence-corrected chi connectivity index (χ2v) is 6.00. The Morgan fingerprint density at radius 2 is 2.08 bits per heavy atom. The van der Waals surface area contributed by atoms with Gasteiger partial charge < -0.3 is 9.84 Å². The van der Waals surface area contributed by atoms with Crippen LogP contribution in [0, 0.1) is 12.7 Å². The zero-order valence-corrected chi connectivity index (χ0v) is 13.6. The lowest BCUT2D eigenvalue weighted by Gasteiger charge is -2.09. The van der Waals surface area contributed by atoms with Gasteiger partial charge in [-0.15, -0.1) is 11.8 Å². The number of hydrogen-bond acceptors (Lipinski definition) is 5. The van der Waals surface area contributed by atoms with E-state index in [-0.39, 0.29) is 5.91 Å². The van der Waals surface area contributed by atoms with Crippen molar-refractivity contribution in [2.24, 2.45) is 0 Å². The van der Waals surface area contributed by atoms with Crippen molar-refractivity contribution in [1.29, 1.82) is 0 Å². The monoisotopic (exact) mass is 343 g/mol. The fraction of sp³-hybridized carbons (Fsp3) is 0.118.